The minimum Gasteiger partial charge on any atom is -0.387 e. The first-order valence-corrected chi connectivity index (χ1v) is 6.32. The van der Waals surface area contributed by atoms with Crippen LogP contribution in [0, 0.1) is 0 Å². The Morgan fingerprint density at radius 1 is 0.955 bits per heavy atom. The first-order chi connectivity index (χ1) is 10.4. The van der Waals surface area contributed by atoms with Gasteiger partial charge in [-0.25, -0.2) is 9.97 Å². The second-order valence-corrected chi connectivity index (χ2v) is 4.85. The first-order valence-electron chi connectivity index (χ1n) is 6.32. The molecule has 0 radical (unpaired) electrons. The molecule has 3 rings (SSSR count). The molecule has 2 aromatic rings. The number of ketones is 2. The maximum atomic E-state index is 12.1. The Morgan fingerprint density at radius 3 is 2.18 bits per heavy atom. The molecule has 1 aliphatic rings. The number of fused-ring (bicyclic) bond motifs is 1. The van der Waals surface area contributed by atoms with Crippen molar-refractivity contribution in [1.29, 1.82) is 0 Å². The third kappa shape index (κ3) is 2.05. The van der Waals surface area contributed by atoms with Gasteiger partial charge in [-0.2, -0.15) is 0 Å². The SMILES string of the molecule is O=C1c2nc(-c3ncc[nH]3)[nH]c2C(=O)C(O)C(O)C(O)C1O. The second kappa shape index (κ2) is 5.10. The second-order valence-electron chi connectivity index (χ2n) is 4.85. The molecule has 4 unspecified atom stereocenters. The number of imidazole rings is 2. The number of aromatic amines is 2. The van der Waals surface area contributed by atoms with Crippen molar-refractivity contribution in [3.63, 3.8) is 0 Å². The van der Waals surface area contributed by atoms with E-state index in [-0.39, 0.29) is 17.3 Å². The Bertz CT molecular complexity index is 681. The number of aliphatic hydroxyl groups excluding tert-OH is 4. The van der Waals surface area contributed by atoms with E-state index in [4.69, 9.17) is 0 Å². The highest BCUT2D eigenvalue weighted by molar-refractivity contribution is 6.11. The van der Waals surface area contributed by atoms with Crippen molar-refractivity contribution < 1.29 is 30.0 Å². The molecule has 0 fully saturated rings. The summed E-state index contributed by atoms with van der Waals surface area (Å²) in [4.78, 5) is 37.3. The summed E-state index contributed by atoms with van der Waals surface area (Å²) in [5, 5.41) is 38.8. The first kappa shape index (κ1) is 14.5. The number of carbonyl (C=O) groups is 2. The summed E-state index contributed by atoms with van der Waals surface area (Å²) in [6, 6.07) is 0. The fraction of sp³-hybridized carbons (Fsp3) is 0.333. The van der Waals surface area contributed by atoms with E-state index in [1.807, 2.05) is 0 Å². The highest BCUT2D eigenvalue weighted by Gasteiger charge is 2.44. The average Bonchev–Trinajstić information content (AvgIpc) is 3.18. The van der Waals surface area contributed by atoms with Crippen LogP contribution in [0.15, 0.2) is 12.4 Å². The zero-order chi connectivity index (χ0) is 16.0. The minimum absolute atomic E-state index is 0.0435. The van der Waals surface area contributed by atoms with E-state index >= 15 is 0 Å². The van der Waals surface area contributed by atoms with Gasteiger partial charge in [0.2, 0.25) is 11.6 Å². The molecule has 0 aliphatic heterocycles. The molecule has 4 atom stereocenters. The molecule has 0 amide bonds. The minimum atomic E-state index is -2.02. The van der Waals surface area contributed by atoms with Crippen LogP contribution in [-0.4, -0.2) is 76.3 Å². The third-order valence-corrected chi connectivity index (χ3v) is 3.44. The van der Waals surface area contributed by atoms with Crippen molar-refractivity contribution in [3.05, 3.63) is 23.8 Å². The number of rotatable bonds is 1. The molecule has 2 aromatic heterocycles. The summed E-state index contributed by atoms with van der Waals surface area (Å²) < 4.78 is 0. The van der Waals surface area contributed by atoms with Gasteiger partial charge in [-0.05, 0) is 0 Å². The van der Waals surface area contributed by atoms with Gasteiger partial charge in [-0.15, -0.1) is 0 Å². The van der Waals surface area contributed by atoms with Crippen molar-refractivity contribution >= 4 is 11.6 Å². The molecule has 2 heterocycles. The van der Waals surface area contributed by atoms with E-state index in [2.05, 4.69) is 19.9 Å². The third-order valence-electron chi connectivity index (χ3n) is 3.44. The van der Waals surface area contributed by atoms with Crippen LogP contribution < -0.4 is 0 Å². The number of hydrogen-bond acceptors (Lipinski definition) is 8. The van der Waals surface area contributed by atoms with Crippen LogP contribution in [0.1, 0.15) is 21.0 Å². The number of H-pyrrole nitrogens is 2. The molecule has 0 saturated heterocycles. The van der Waals surface area contributed by atoms with Gasteiger partial charge in [0.25, 0.3) is 0 Å². The summed E-state index contributed by atoms with van der Waals surface area (Å²) >= 11 is 0. The summed E-state index contributed by atoms with van der Waals surface area (Å²) in [5.74, 6) is -1.79. The van der Waals surface area contributed by atoms with E-state index in [9.17, 15) is 30.0 Å². The molecular formula is C12H12N4O6. The Balaban J connectivity index is 2.15. The van der Waals surface area contributed by atoms with Gasteiger partial charge in [0.1, 0.15) is 35.8 Å². The predicted octanol–water partition coefficient (Wildman–Crippen LogP) is -2.38. The number of Topliss-reactive ketones (excluding diaryl/α,β-unsaturated/α-hetero) is 2. The Morgan fingerprint density at radius 2 is 1.59 bits per heavy atom. The van der Waals surface area contributed by atoms with Gasteiger partial charge in [-0.1, -0.05) is 0 Å². The Kier molecular flexibility index (Phi) is 3.37. The summed E-state index contributed by atoms with van der Waals surface area (Å²) in [5.41, 5.74) is -0.803. The van der Waals surface area contributed by atoms with Gasteiger partial charge in [-0.3, -0.25) is 9.59 Å². The van der Waals surface area contributed by atoms with E-state index in [1.165, 1.54) is 12.4 Å². The summed E-state index contributed by atoms with van der Waals surface area (Å²) in [6.45, 7) is 0. The lowest BCUT2D eigenvalue weighted by atomic mass is 9.91. The van der Waals surface area contributed by atoms with E-state index in [1.54, 1.807) is 0 Å². The number of aliphatic hydroxyl groups is 4. The number of aromatic nitrogens is 4. The monoisotopic (exact) mass is 308 g/mol. The van der Waals surface area contributed by atoms with E-state index < -0.39 is 41.7 Å². The maximum absolute atomic E-state index is 12.1. The molecule has 0 saturated carbocycles. The molecule has 0 aromatic carbocycles. The number of hydrogen-bond donors (Lipinski definition) is 6. The predicted molar refractivity (Wildman–Crippen MR) is 68.9 cm³/mol. The molecule has 10 heteroatoms. The van der Waals surface area contributed by atoms with Crippen molar-refractivity contribution in [2.75, 3.05) is 0 Å². The molecule has 0 spiro atoms. The zero-order valence-electron chi connectivity index (χ0n) is 11.0. The van der Waals surface area contributed by atoms with Crippen LogP contribution in [0.5, 0.6) is 0 Å². The topological polar surface area (TPSA) is 172 Å². The van der Waals surface area contributed by atoms with Gasteiger partial charge in [0.15, 0.2) is 11.6 Å². The number of nitrogens with one attached hydrogen (secondary N) is 2. The molecule has 22 heavy (non-hydrogen) atoms. The molecule has 1 aliphatic carbocycles. The highest BCUT2D eigenvalue weighted by Crippen LogP contribution is 2.23. The van der Waals surface area contributed by atoms with Crippen LogP contribution in [0.3, 0.4) is 0 Å². The van der Waals surface area contributed by atoms with Crippen molar-refractivity contribution in [2.24, 2.45) is 0 Å². The standard InChI is InChI=1S/C12H12N4O6/c17-5-3-4(16-12(15-3)11-13-1-2-14-11)6(18)8(20)10(22)9(21)7(5)19/h1-2,7-10,19-22H,(H,13,14)(H,15,16). The van der Waals surface area contributed by atoms with Crippen LogP contribution in [-0.2, 0) is 0 Å². The smallest absolute Gasteiger partial charge is 0.214 e. The van der Waals surface area contributed by atoms with Crippen molar-refractivity contribution in [3.8, 4) is 11.6 Å². The lowest BCUT2D eigenvalue weighted by Gasteiger charge is -2.26. The van der Waals surface area contributed by atoms with E-state index in [0.29, 0.717) is 0 Å². The fourth-order valence-corrected chi connectivity index (χ4v) is 2.21. The van der Waals surface area contributed by atoms with Crippen molar-refractivity contribution in [2.45, 2.75) is 24.4 Å². The molecule has 10 nitrogen and oxygen atoms in total. The summed E-state index contributed by atoms with van der Waals surface area (Å²) in [7, 11) is 0. The number of carbonyl (C=O) groups excluding carboxylic acids is 2. The molecule has 6 N–H and O–H groups in total. The van der Waals surface area contributed by atoms with Crippen molar-refractivity contribution in [1.82, 2.24) is 19.9 Å². The van der Waals surface area contributed by atoms with Gasteiger partial charge in [0, 0.05) is 12.4 Å². The molecule has 0 bridgehead atoms. The van der Waals surface area contributed by atoms with E-state index in [0.717, 1.165) is 0 Å². The van der Waals surface area contributed by atoms with Gasteiger partial charge < -0.3 is 30.4 Å². The quantitative estimate of drug-likeness (QED) is 0.339. The lowest BCUT2D eigenvalue weighted by Crippen LogP contribution is -2.52. The largest absolute Gasteiger partial charge is 0.387 e. The normalized spacial score (nSPS) is 29.1. The van der Waals surface area contributed by atoms with Crippen LogP contribution in [0.2, 0.25) is 0 Å². The van der Waals surface area contributed by atoms with Crippen LogP contribution in [0.25, 0.3) is 11.6 Å². The van der Waals surface area contributed by atoms with Crippen LogP contribution in [0.4, 0.5) is 0 Å². The molecular weight excluding hydrogens is 296 g/mol. The zero-order valence-corrected chi connectivity index (χ0v) is 11.0. The highest BCUT2D eigenvalue weighted by atomic mass is 16.4. The maximum Gasteiger partial charge on any atom is 0.214 e. The average molecular weight is 308 g/mol. The van der Waals surface area contributed by atoms with Gasteiger partial charge >= 0.3 is 0 Å². The number of nitrogens with zero attached hydrogens (tertiary/aromatic N) is 2. The Labute approximate surface area is 122 Å². The fourth-order valence-electron chi connectivity index (χ4n) is 2.21. The van der Waals surface area contributed by atoms with Crippen LogP contribution >= 0.6 is 0 Å². The van der Waals surface area contributed by atoms with Gasteiger partial charge in [0.05, 0.1) is 0 Å². The summed E-state index contributed by atoms with van der Waals surface area (Å²) in [6.07, 6.45) is -5.13. The molecule has 116 valence electrons. The Hall–Kier alpha value is -2.40. The lowest BCUT2D eigenvalue weighted by molar-refractivity contribution is -0.0855.